The van der Waals surface area contributed by atoms with Crippen LogP contribution >= 0.6 is 0 Å². The minimum atomic E-state index is 0.238. The lowest BCUT2D eigenvalue weighted by Gasteiger charge is -2.27. The molecule has 1 aromatic rings. The van der Waals surface area contributed by atoms with Crippen LogP contribution in [0, 0.1) is 0 Å². The second kappa shape index (κ2) is 5.80. The first-order valence-corrected chi connectivity index (χ1v) is 6.89. The summed E-state index contributed by atoms with van der Waals surface area (Å²) < 4.78 is 2.15. The zero-order valence-corrected chi connectivity index (χ0v) is 11.8. The molecule has 1 aliphatic heterocycles. The summed E-state index contributed by atoms with van der Waals surface area (Å²) in [5, 5.41) is 11.6. The Hall–Kier alpha value is -0.940. The van der Waals surface area contributed by atoms with E-state index in [4.69, 9.17) is 0 Å². The van der Waals surface area contributed by atoms with Crippen LogP contribution in [0.3, 0.4) is 0 Å². The van der Waals surface area contributed by atoms with Gasteiger partial charge in [0.1, 0.15) is 12.2 Å². The van der Waals surface area contributed by atoms with Gasteiger partial charge in [-0.2, -0.15) is 0 Å². The molecule has 2 rings (SSSR count). The number of unbranched alkanes of at least 4 members (excludes halogenated alkanes) is 1. The number of rotatable bonds is 5. The highest BCUT2D eigenvalue weighted by Gasteiger charge is 2.16. The summed E-state index contributed by atoms with van der Waals surface area (Å²) in [4.78, 5) is 2.47. The van der Waals surface area contributed by atoms with Gasteiger partial charge in [-0.3, -0.25) is 4.90 Å². The largest absolute Gasteiger partial charge is 0.315 e. The summed E-state index contributed by atoms with van der Waals surface area (Å²) in [5.41, 5.74) is 0.238. The highest BCUT2D eigenvalue weighted by atomic mass is 15.3. The third-order valence-electron chi connectivity index (χ3n) is 3.27. The van der Waals surface area contributed by atoms with Crippen molar-refractivity contribution < 1.29 is 0 Å². The Kier molecular flexibility index (Phi) is 4.35. The van der Waals surface area contributed by atoms with Crippen molar-refractivity contribution in [3.8, 4) is 0 Å². The second-order valence-electron chi connectivity index (χ2n) is 6.10. The molecule has 0 saturated carbocycles. The molecule has 0 atom stereocenters. The molecule has 1 aliphatic rings. The summed E-state index contributed by atoms with van der Waals surface area (Å²) in [6.45, 7) is 12.0. The van der Waals surface area contributed by atoms with Crippen molar-refractivity contribution in [2.75, 3.05) is 19.6 Å². The molecule has 1 aromatic heterocycles. The van der Waals surface area contributed by atoms with Crippen LogP contribution in [0.15, 0.2) is 6.33 Å². The smallest absolute Gasteiger partial charge is 0.147 e. The van der Waals surface area contributed by atoms with Gasteiger partial charge in [-0.25, -0.2) is 0 Å². The molecule has 0 unspecified atom stereocenters. The van der Waals surface area contributed by atoms with E-state index in [9.17, 15) is 0 Å². The summed E-state index contributed by atoms with van der Waals surface area (Å²) in [5.74, 6) is 1.11. The van der Waals surface area contributed by atoms with E-state index >= 15 is 0 Å². The average molecular weight is 251 g/mol. The minimum absolute atomic E-state index is 0.238. The lowest BCUT2D eigenvalue weighted by atomic mass is 10.1. The summed E-state index contributed by atoms with van der Waals surface area (Å²) >= 11 is 0. The number of hydrogen-bond acceptors (Lipinski definition) is 4. The third kappa shape index (κ3) is 4.07. The fourth-order valence-electron chi connectivity index (χ4n) is 2.23. The number of hydrogen-bond donors (Lipinski definition) is 1. The van der Waals surface area contributed by atoms with Crippen LogP contribution in [0.2, 0.25) is 0 Å². The van der Waals surface area contributed by atoms with E-state index in [1.807, 2.05) is 6.33 Å². The van der Waals surface area contributed by atoms with Gasteiger partial charge in [-0.15, -0.1) is 10.2 Å². The first kappa shape index (κ1) is 13.5. The number of aromatic nitrogens is 3. The van der Waals surface area contributed by atoms with Crippen LogP contribution in [-0.4, -0.2) is 44.8 Å². The molecule has 102 valence electrons. The predicted octanol–water partition coefficient (Wildman–Crippen LogP) is 1.26. The summed E-state index contributed by atoms with van der Waals surface area (Å²) in [7, 11) is 0. The normalized spacial score (nSPS) is 16.8. The molecular formula is C13H25N5. The summed E-state index contributed by atoms with van der Waals surface area (Å²) in [6, 6.07) is 0. The van der Waals surface area contributed by atoms with E-state index in [0.29, 0.717) is 0 Å². The maximum Gasteiger partial charge on any atom is 0.147 e. The first-order chi connectivity index (χ1) is 8.54. The molecule has 0 amide bonds. The molecule has 18 heavy (non-hydrogen) atoms. The monoisotopic (exact) mass is 251 g/mol. The lowest BCUT2D eigenvalue weighted by molar-refractivity contribution is 0.212. The molecule has 0 aliphatic carbocycles. The molecule has 2 heterocycles. The van der Waals surface area contributed by atoms with Crippen molar-refractivity contribution in [2.45, 2.75) is 52.2 Å². The average Bonchev–Trinajstić information content (AvgIpc) is 2.74. The van der Waals surface area contributed by atoms with E-state index in [1.165, 1.54) is 19.4 Å². The fraction of sp³-hybridized carbons (Fsp3) is 0.846. The maximum atomic E-state index is 4.14. The van der Waals surface area contributed by atoms with Crippen LogP contribution in [-0.2, 0) is 13.1 Å². The SMILES string of the molecule is CC(C)(C)NCCCCN1CCn2cnnc2C1. The lowest BCUT2D eigenvalue weighted by Crippen LogP contribution is -2.37. The van der Waals surface area contributed by atoms with Gasteiger partial charge in [-0.1, -0.05) is 0 Å². The molecule has 0 saturated heterocycles. The molecule has 0 aromatic carbocycles. The Labute approximate surface area is 110 Å². The van der Waals surface area contributed by atoms with E-state index < -0.39 is 0 Å². The topological polar surface area (TPSA) is 46.0 Å². The predicted molar refractivity (Wildman–Crippen MR) is 72.3 cm³/mol. The van der Waals surface area contributed by atoms with Crippen molar-refractivity contribution >= 4 is 0 Å². The van der Waals surface area contributed by atoms with Gasteiger partial charge in [0.05, 0.1) is 6.54 Å². The molecule has 0 bridgehead atoms. The maximum absolute atomic E-state index is 4.14. The van der Waals surface area contributed by atoms with Crippen molar-refractivity contribution in [2.24, 2.45) is 0 Å². The van der Waals surface area contributed by atoms with E-state index in [1.54, 1.807) is 0 Å². The minimum Gasteiger partial charge on any atom is -0.315 e. The van der Waals surface area contributed by atoms with Crippen molar-refractivity contribution in [3.05, 3.63) is 12.2 Å². The van der Waals surface area contributed by atoms with Gasteiger partial charge >= 0.3 is 0 Å². The van der Waals surface area contributed by atoms with Gasteiger partial charge in [-0.05, 0) is 46.7 Å². The zero-order valence-electron chi connectivity index (χ0n) is 11.8. The van der Waals surface area contributed by atoms with Gasteiger partial charge in [0.25, 0.3) is 0 Å². The fourth-order valence-corrected chi connectivity index (χ4v) is 2.23. The molecule has 0 fully saturated rings. The van der Waals surface area contributed by atoms with Crippen LogP contribution in [0.1, 0.15) is 39.4 Å². The standard InChI is InChI=1S/C13H25N5/c1-13(2,3)14-6-4-5-7-17-8-9-18-11-15-16-12(18)10-17/h11,14H,4-10H2,1-3H3. The third-order valence-corrected chi connectivity index (χ3v) is 3.27. The van der Waals surface area contributed by atoms with Crippen LogP contribution in [0.25, 0.3) is 0 Å². The molecule has 5 heteroatoms. The van der Waals surface area contributed by atoms with Crippen LogP contribution in [0.5, 0.6) is 0 Å². The number of fused-ring (bicyclic) bond motifs is 1. The van der Waals surface area contributed by atoms with E-state index in [0.717, 1.165) is 32.0 Å². The number of nitrogens with one attached hydrogen (secondary N) is 1. The van der Waals surface area contributed by atoms with Gasteiger partial charge in [0.2, 0.25) is 0 Å². The van der Waals surface area contributed by atoms with Crippen molar-refractivity contribution in [1.29, 1.82) is 0 Å². The Morgan fingerprint density at radius 2 is 2.11 bits per heavy atom. The van der Waals surface area contributed by atoms with Crippen molar-refractivity contribution in [3.63, 3.8) is 0 Å². The summed E-state index contributed by atoms with van der Waals surface area (Å²) in [6.07, 6.45) is 4.32. The van der Waals surface area contributed by atoms with Gasteiger partial charge in [0, 0.05) is 18.6 Å². The van der Waals surface area contributed by atoms with Crippen LogP contribution < -0.4 is 5.32 Å². The Bertz CT molecular complexity index is 366. The van der Waals surface area contributed by atoms with E-state index in [2.05, 4.69) is 45.8 Å². The van der Waals surface area contributed by atoms with Gasteiger partial charge in [0.15, 0.2) is 0 Å². The number of nitrogens with zero attached hydrogens (tertiary/aromatic N) is 4. The first-order valence-electron chi connectivity index (χ1n) is 6.89. The van der Waals surface area contributed by atoms with E-state index in [-0.39, 0.29) is 5.54 Å². The van der Waals surface area contributed by atoms with Crippen LogP contribution in [0.4, 0.5) is 0 Å². The molecule has 5 nitrogen and oxygen atoms in total. The molecule has 0 spiro atoms. The Morgan fingerprint density at radius 1 is 1.28 bits per heavy atom. The Morgan fingerprint density at radius 3 is 2.89 bits per heavy atom. The quantitative estimate of drug-likeness (QED) is 0.800. The Balaban J connectivity index is 1.61. The molecule has 1 N–H and O–H groups in total. The second-order valence-corrected chi connectivity index (χ2v) is 6.10. The highest BCUT2D eigenvalue weighted by molar-refractivity contribution is 4.89. The molecule has 0 radical (unpaired) electrons. The van der Waals surface area contributed by atoms with Gasteiger partial charge < -0.3 is 9.88 Å². The highest BCUT2D eigenvalue weighted by Crippen LogP contribution is 2.09. The zero-order chi connectivity index (χ0) is 13.0. The van der Waals surface area contributed by atoms with Crippen molar-refractivity contribution in [1.82, 2.24) is 25.0 Å². The molecular weight excluding hydrogens is 226 g/mol.